The Bertz CT molecular complexity index is 405. The maximum Gasteiger partial charge on any atom is 0.224 e. The standard InChI is InChI=1S/C15H26N4O/c1-3-8-17-15-18-11-12(2)14(19-15)16-9-7-13-6-4-5-10-20-13/h11,13H,3-10H2,1-2H3,(H2,16,17,18,19). The van der Waals surface area contributed by atoms with Gasteiger partial charge in [0.05, 0.1) is 6.10 Å². The normalized spacial score (nSPS) is 18.8. The molecular formula is C15H26N4O. The number of aromatic nitrogens is 2. The molecule has 20 heavy (non-hydrogen) atoms. The highest BCUT2D eigenvalue weighted by Crippen LogP contribution is 2.17. The van der Waals surface area contributed by atoms with Crippen molar-refractivity contribution in [3.8, 4) is 0 Å². The monoisotopic (exact) mass is 278 g/mol. The van der Waals surface area contributed by atoms with Crippen molar-refractivity contribution in [3.63, 3.8) is 0 Å². The third-order valence-electron chi connectivity index (χ3n) is 3.54. The lowest BCUT2D eigenvalue weighted by Gasteiger charge is -2.22. The topological polar surface area (TPSA) is 59.1 Å². The van der Waals surface area contributed by atoms with Gasteiger partial charge in [-0.1, -0.05) is 6.92 Å². The van der Waals surface area contributed by atoms with Crippen LogP contribution in [0.3, 0.4) is 0 Å². The zero-order valence-corrected chi connectivity index (χ0v) is 12.6. The van der Waals surface area contributed by atoms with E-state index in [0.717, 1.165) is 43.9 Å². The summed E-state index contributed by atoms with van der Waals surface area (Å²) in [6.07, 6.45) is 8.08. The summed E-state index contributed by atoms with van der Waals surface area (Å²) >= 11 is 0. The number of hydrogen-bond donors (Lipinski definition) is 2. The highest BCUT2D eigenvalue weighted by molar-refractivity contribution is 5.46. The first-order valence-electron chi connectivity index (χ1n) is 7.72. The fourth-order valence-electron chi connectivity index (χ4n) is 2.33. The predicted molar refractivity (Wildman–Crippen MR) is 82.2 cm³/mol. The molecular weight excluding hydrogens is 252 g/mol. The van der Waals surface area contributed by atoms with E-state index in [1.54, 1.807) is 0 Å². The molecule has 0 radical (unpaired) electrons. The quantitative estimate of drug-likeness (QED) is 0.803. The second-order valence-corrected chi connectivity index (χ2v) is 5.36. The molecule has 0 aliphatic carbocycles. The average molecular weight is 278 g/mol. The van der Waals surface area contributed by atoms with Crippen LogP contribution in [0.5, 0.6) is 0 Å². The third kappa shape index (κ3) is 4.63. The molecule has 2 heterocycles. The lowest BCUT2D eigenvalue weighted by Crippen LogP contribution is -2.22. The van der Waals surface area contributed by atoms with Gasteiger partial charge in [0, 0.05) is 31.5 Å². The molecule has 1 aliphatic rings. The molecule has 2 N–H and O–H groups in total. The molecule has 1 saturated heterocycles. The van der Waals surface area contributed by atoms with Crippen LogP contribution in [0.15, 0.2) is 6.20 Å². The highest BCUT2D eigenvalue weighted by atomic mass is 16.5. The Labute approximate surface area is 121 Å². The molecule has 2 rings (SSSR count). The molecule has 5 nitrogen and oxygen atoms in total. The minimum atomic E-state index is 0.413. The Balaban J connectivity index is 1.81. The van der Waals surface area contributed by atoms with Crippen LogP contribution in [0.4, 0.5) is 11.8 Å². The summed E-state index contributed by atoms with van der Waals surface area (Å²) in [5.74, 6) is 1.63. The van der Waals surface area contributed by atoms with Crippen LogP contribution in [-0.2, 0) is 4.74 Å². The van der Waals surface area contributed by atoms with Crippen molar-refractivity contribution in [2.75, 3.05) is 30.3 Å². The molecule has 1 unspecified atom stereocenters. The van der Waals surface area contributed by atoms with Gasteiger partial charge in [0.15, 0.2) is 0 Å². The Hall–Kier alpha value is -1.36. The molecule has 1 fully saturated rings. The zero-order valence-electron chi connectivity index (χ0n) is 12.6. The van der Waals surface area contributed by atoms with Gasteiger partial charge >= 0.3 is 0 Å². The average Bonchev–Trinajstić information content (AvgIpc) is 2.49. The van der Waals surface area contributed by atoms with Crippen LogP contribution >= 0.6 is 0 Å². The molecule has 0 spiro atoms. The van der Waals surface area contributed by atoms with E-state index >= 15 is 0 Å². The second-order valence-electron chi connectivity index (χ2n) is 5.36. The van der Waals surface area contributed by atoms with Gasteiger partial charge in [-0.05, 0) is 39.0 Å². The summed E-state index contributed by atoms with van der Waals surface area (Å²) in [5.41, 5.74) is 1.08. The first-order valence-corrected chi connectivity index (χ1v) is 7.72. The van der Waals surface area contributed by atoms with Crippen molar-refractivity contribution in [1.82, 2.24) is 9.97 Å². The molecule has 0 amide bonds. The first-order chi connectivity index (χ1) is 9.79. The largest absolute Gasteiger partial charge is 0.378 e. The molecule has 0 aromatic carbocycles. The Morgan fingerprint density at radius 3 is 2.95 bits per heavy atom. The van der Waals surface area contributed by atoms with Gasteiger partial charge in [0.25, 0.3) is 0 Å². The number of rotatable bonds is 7. The number of ether oxygens (including phenoxy) is 1. The van der Waals surface area contributed by atoms with Crippen LogP contribution < -0.4 is 10.6 Å². The van der Waals surface area contributed by atoms with Crippen LogP contribution in [0.25, 0.3) is 0 Å². The summed E-state index contributed by atoms with van der Waals surface area (Å²) < 4.78 is 5.74. The maximum atomic E-state index is 5.74. The van der Waals surface area contributed by atoms with Gasteiger partial charge < -0.3 is 15.4 Å². The van der Waals surface area contributed by atoms with Gasteiger partial charge in [0.1, 0.15) is 5.82 Å². The van der Waals surface area contributed by atoms with Gasteiger partial charge in [-0.3, -0.25) is 0 Å². The minimum absolute atomic E-state index is 0.413. The number of hydrogen-bond acceptors (Lipinski definition) is 5. The van der Waals surface area contributed by atoms with Crippen molar-refractivity contribution in [2.24, 2.45) is 0 Å². The predicted octanol–water partition coefficient (Wildman–Crippen LogP) is 2.98. The summed E-state index contributed by atoms with van der Waals surface area (Å²) in [7, 11) is 0. The lowest BCUT2D eigenvalue weighted by molar-refractivity contribution is 0.0134. The van der Waals surface area contributed by atoms with Gasteiger partial charge in [-0.25, -0.2) is 4.98 Å². The van der Waals surface area contributed by atoms with E-state index in [1.165, 1.54) is 19.3 Å². The Morgan fingerprint density at radius 2 is 2.20 bits per heavy atom. The first kappa shape index (κ1) is 15.0. The van der Waals surface area contributed by atoms with E-state index in [1.807, 2.05) is 13.1 Å². The molecule has 5 heteroatoms. The fourth-order valence-corrected chi connectivity index (χ4v) is 2.33. The fraction of sp³-hybridized carbons (Fsp3) is 0.733. The molecule has 1 aliphatic heterocycles. The minimum Gasteiger partial charge on any atom is -0.378 e. The van der Waals surface area contributed by atoms with Gasteiger partial charge in [-0.15, -0.1) is 0 Å². The van der Waals surface area contributed by atoms with Crippen molar-refractivity contribution in [3.05, 3.63) is 11.8 Å². The van der Waals surface area contributed by atoms with E-state index in [2.05, 4.69) is 27.5 Å². The molecule has 112 valence electrons. The summed E-state index contributed by atoms with van der Waals surface area (Å²) in [6.45, 7) is 6.88. The van der Waals surface area contributed by atoms with Crippen molar-refractivity contribution in [2.45, 2.75) is 52.1 Å². The van der Waals surface area contributed by atoms with E-state index in [9.17, 15) is 0 Å². The SMILES string of the molecule is CCCNc1ncc(C)c(NCCC2CCCCO2)n1. The van der Waals surface area contributed by atoms with Crippen molar-refractivity contribution >= 4 is 11.8 Å². The summed E-state index contributed by atoms with van der Waals surface area (Å²) in [6, 6.07) is 0. The number of nitrogens with one attached hydrogen (secondary N) is 2. The maximum absolute atomic E-state index is 5.74. The molecule has 1 aromatic heterocycles. The second kappa shape index (κ2) is 8.04. The third-order valence-corrected chi connectivity index (χ3v) is 3.54. The lowest BCUT2D eigenvalue weighted by atomic mass is 10.1. The van der Waals surface area contributed by atoms with Crippen LogP contribution in [0.2, 0.25) is 0 Å². The zero-order chi connectivity index (χ0) is 14.2. The molecule has 0 bridgehead atoms. The number of aryl methyl sites for hydroxylation is 1. The highest BCUT2D eigenvalue weighted by Gasteiger charge is 2.13. The number of nitrogens with zero attached hydrogens (tertiary/aromatic N) is 2. The van der Waals surface area contributed by atoms with Crippen LogP contribution in [-0.4, -0.2) is 35.8 Å². The van der Waals surface area contributed by atoms with E-state index in [-0.39, 0.29) is 0 Å². The van der Waals surface area contributed by atoms with Crippen molar-refractivity contribution < 1.29 is 4.74 Å². The Kier molecular flexibility index (Phi) is 6.05. The smallest absolute Gasteiger partial charge is 0.224 e. The summed E-state index contributed by atoms with van der Waals surface area (Å²) in [5, 5.41) is 6.62. The molecule has 0 saturated carbocycles. The van der Waals surface area contributed by atoms with Gasteiger partial charge in [0.2, 0.25) is 5.95 Å². The number of anilines is 2. The van der Waals surface area contributed by atoms with Crippen molar-refractivity contribution in [1.29, 1.82) is 0 Å². The van der Waals surface area contributed by atoms with E-state index in [0.29, 0.717) is 12.1 Å². The molecule has 1 atom stereocenters. The Morgan fingerprint density at radius 1 is 1.30 bits per heavy atom. The van der Waals surface area contributed by atoms with E-state index in [4.69, 9.17) is 4.74 Å². The molecule has 1 aromatic rings. The van der Waals surface area contributed by atoms with Gasteiger partial charge in [-0.2, -0.15) is 4.98 Å². The van der Waals surface area contributed by atoms with E-state index < -0.39 is 0 Å². The van der Waals surface area contributed by atoms with Crippen LogP contribution in [0, 0.1) is 6.92 Å². The summed E-state index contributed by atoms with van der Waals surface area (Å²) in [4.78, 5) is 8.81. The van der Waals surface area contributed by atoms with Crippen LogP contribution in [0.1, 0.15) is 44.6 Å².